The van der Waals surface area contributed by atoms with Crippen molar-refractivity contribution >= 4 is 5.78 Å². The summed E-state index contributed by atoms with van der Waals surface area (Å²) >= 11 is 0. The Morgan fingerprint density at radius 2 is 1.69 bits per heavy atom. The lowest BCUT2D eigenvalue weighted by Gasteiger charge is -2.33. The average molecular weight is 224 g/mol. The van der Waals surface area contributed by atoms with Crippen LogP contribution in [0.3, 0.4) is 0 Å². The monoisotopic (exact) mass is 224 g/mol. The van der Waals surface area contributed by atoms with Crippen LogP contribution in [0.15, 0.2) is 0 Å². The number of carbonyl (C=O) groups excluding carboxylic acids is 1. The van der Waals surface area contributed by atoms with Gasteiger partial charge in [0.2, 0.25) is 0 Å². The van der Waals surface area contributed by atoms with Gasteiger partial charge in [-0.25, -0.2) is 0 Å². The third kappa shape index (κ3) is 3.33. The Morgan fingerprint density at radius 1 is 1.19 bits per heavy atom. The SMILES string of the molecule is CC[C@@H](C)C1CCC(C(=O)C(C)(C)C)CC1. The number of carbonyl (C=O) groups is 1. The molecule has 0 heterocycles. The van der Waals surface area contributed by atoms with Gasteiger partial charge in [0, 0.05) is 11.3 Å². The van der Waals surface area contributed by atoms with Gasteiger partial charge in [-0.3, -0.25) is 4.79 Å². The van der Waals surface area contributed by atoms with Gasteiger partial charge in [0.15, 0.2) is 0 Å². The maximum Gasteiger partial charge on any atom is 0.141 e. The van der Waals surface area contributed by atoms with Crippen molar-refractivity contribution < 1.29 is 4.79 Å². The molecule has 1 fully saturated rings. The van der Waals surface area contributed by atoms with Crippen molar-refractivity contribution in [2.24, 2.45) is 23.2 Å². The normalized spacial score (nSPS) is 28.8. The van der Waals surface area contributed by atoms with Gasteiger partial charge >= 0.3 is 0 Å². The van der Waals surface area contributed by atoms with Crippen LogP contribution >= 0.6 is 0 Å². The van der Waals surface area contributed by atoms with Gasteiger partial charge in [0.25, 0.3) is 0 Å². The lowest BCUT2D eigenvalue weighted by molar-refractivity contribution is -0.131. The van der Waals surface area contributed by atoms with Crippen LogP contribution in [-0.2, 0) is 4.79 Å². The number of Topliss-reactive ketones (excluding diaryl/α,β-unsaturated/α-hetero) is 1. The zero-order valence-corrected chi connectivity index (χ0v) is 11.7. The predicted molar refractivity (Wildman–Crippen MR) is 69.4 cm³/mol. The summed E-state index contributed by atoms with van der Waals surface area (Å²) in [7, 11) is 0. The first-order chi connectivity index (χ1) is 7.36. The maximum absolute atomic E-state index is 12.2. The summed E-state index contributed by atoms with van der Waals surface area (Å²) in [6.07, 6.45) is 6.07. The van der Waals surface area contributed by atoms with Crippen LogP contribution in [0.1, 0.15) is 66.7 Å². The first kappa shape index (κ1) is 13.7. The molecule has 1 nitrogen and oxygen atoms in total. The molecule has 0 N–H and O–H groups in total. The molecule has 1 saturated carbocycles. The van der Waals surface area contributed by atoms with E-state index in [0.717, 1.165) is 24.7 Å². The van der Waals surface area contributed by atoms with E-state index in [1.165, 1.54) is 19.3 Å². The standard InChI is InChI=1S/C15H28O/c1-6-11(2)12-7-9-13(10-8-12)14(16)15(3,4)5/h11-13H,6-10H2,1-5H3/t11-,12?,13?/m1/s1. The van der Waals surface area contributed by atoms with Gasteiger partial charge in [-0.2, -0.15) is 0 Å². The van der Waals surface area contributed by atoms with E-state index >= 15 is 0 Å². The summed E-state index contributed by atoms with van der Waals surface area (Å²) in [5.74, 6) is 2.54. The third-order valence-corrected chi connectivity index (χ3v) is 4.33. The van der Waals surface area contributed by atoms with Crippen LogP contribution < -0.4 is 0 Å². The zero-order chi connectivity index (χ0) is 12.3. The number of ketones is 1. The topological polar surface area (TPSA) is 17.1 Å². The van der Waals surface area contributed by atoms with Crippen molar-refractivity contribution in [3.05, 3.63) is 0 Å². The predicted octanol–water partition coefficient (Wildman–Crippen LogP) is 4.45. The van der Waals surface area contributed by atoms with E-state index in [1.54, 1.807) is 0 Å². The molecule has 0 bridgehead atoms. The molecule has 0 saturated heterocycles. The van der Waals surface area contributed by atoms with Crippen molar-refractivity contribution in [1.82, 2.24) is 0 Å². The van der Waals surface area contributed by atoms with Gasteiger partial charge in [0.1, 0.15) is 5.78 Å². The molecule has 94 valence electrons. The molecular formula is C15H28O. The molecule has 1 aliphatic carbocycles. The quantitative estimate of drug-likeness (QED) is 0.692. The van der Waals surface area contributed by atoms with Crippen molar-refractivity contribution in [2.45, 2.75) is 66.7 Å². The molecular weight excluding hydrogens is 196 g/mol. The Morgan fingerprint density at radius 3 is 2.06 bits per heavy atom. The summed E-state index contributed by atoms with van der Waals surface area (Å²) in [5, 5.41) is 0. The van der Waals surface area contributed by atoms with Gasteiger partial charge < -0.3 is 0 Å². The van der Waals surface area contributed by atoms with Crippen LogP contribution in [0, 0.1) is 23.2 Å². The van der Waals surface area contributed by atoms with Crippen molar-refractivity contribution in [2.75, 3.05) is 0 Å². The minimum atomic E-state index is -0.145. The Kier molecular flexibility index (Phi) is 4.58. The molecule has 0 radical (unpaired) electrons. The van der Waals surface area contributed by atoms with Crippen molar-refractivity contribution in [3.63, 3.8) is 0 Å². The van der Waals surface area contributed by atoms with Gasteiger partial charge in [0.05, 0.1) is 0 Å². The molecule has 1 rings (SSSR count). The largest absolute Gasteiger partial charge is 0.299 e. The van der Waals surface area contributed by atoms with Gasteiger partial charge in [-0.1, -0.05) is 41.0 Å². The number of rotatable bonds is 3. The second-order valence-corrected chi connectivity index (χ2v) is 6.61. The summed E-state index contributed by atoms with van der Waals surface area (Å²) < 4.78 is 0. The second-order valence-electron chi connectivity index (χ2n) is 6.61. The molecule has 0 aromatic carbocycles. The fraction of sp³-hybridized carbons (Fsp3) is 0.933. The Hall–Kier alpha value is -0.330. The summed E-state index contributed by atoms with van der Waals surface area (Å²) in [4.78, 5) is 12.2. The van der Waals surface area contributed by atoms with E-state index in [0.29, 0.717) is 11.7 Å². The molecule has 0 aliphatic heterocycles. The fourth-order valence-electron chi connectivity index (χ4n) is 2.90. The Labute approximate surface area is 101 Å². The van der Waals surface area contributed by atoms with Gasteiger partial charge in [-0.05, 0) is 37.5 Å². The van der Waals surface area contributed by atoms with E-state index in [2.05, 4.69) is 34.6 Å². The molecule has 0 aromatic heterocycles. The summed E-state index contributed by atoms with van der Waals surface area (Å²) in [6.45, 7) is 10.8. The smallest absolute Gasteiger partial charge is 0.141 e. The summed E-state index contributed by atoms with van der Waals surface area (Å²) in [5.41, 5.74) is -0.145. The highest BCUT2D eigenvalue weighted by Gasteiger charge is 2.33. The molecule has 16 heavy (non-hydrogen) atoms. The van der Waals surface area contributed by atoms with E-state index in [-0.39, 0.29) is 5.41 Å². The van der Waals surface area contributed by atoms with E-state index < -0.39 is 0 Å². The lowest BCUT2D eigenvalue weighted by atomic mass is 9.70. The first-order valence-corrected chi connectivity index (χ1v) is 6.90. The minimum absolute atomic E-state index is 0.145. The molecule has 1 heteroatoms. The van der Waals surface area contributed by atoms with Crippen LogP contribution in [0.2, 0.25) is 0 Å². The van der Waals surface area contributed by atoms with Crippen molar-refractivity contribution in [1.29, 1.82) is 0 Å². The van der Waals surface area contributed by atoms with Crippen molar-refractivity contribution in [3.8, 4) is 0 Å². The van der Waals surface area contributed by atoms with Gasteiger partial charge in [-0.15, -0.1) is 0 Å². The second kappa shape index (κ2) is 5.33. The van der Waals surface area contributed by atoms with E-state index in [9.17, 15) is 4.79 Å². The lowest BCUT2D eigenvalue weighted by Crippen LogP contribution is -2.32. The average Bonchev–Trinajstić information content (AvgIpc) is 2.26. The van der Waals surface area contributed by atoms with Crippen LogP contribution in [-0.4, -0.2) is 5.78 Å². The van der Waals surface area contributed by atoms with Crippen LogP contribution in [0.4, 0.5) is 0 Å². The Bertz CT molecular complexity index is 228. The van der Waals surface area contributed by atoms with E-state index in [1.807, 2.05) is 0 Å². The highest BCUT2D eigenvalue weighted by Crippen LogP contribution is 2.37. The Balaban J connectivity index is 2.46. The minimum Gasteiger partial charge on any atom is -0.299 e. The third-order valence-electron chi connectivity index (χ3n) is 4.33. The molecule has 1 atom stereocenters. The van der Waals surface area contributed by atoms with Crippen LogP contribution in [0.25, 0.3) is 0 Å². The fourth-order valence-corrected chi connectivity index (χ4v) is 2.90. The summed E-state index contributed by atoms with van der Waals surface area (Å²) in [6, 6.07) is 0. The molecule has 0 unspecified atom stereocenters. The maximum atomic E-state index is 12.2. The first-order valence-electron chi connectivity index (χ1n) is 6.90. The number of hydrogen-bond donors (Lipinski definition) is 0. The highest BCUT2D eigenvalue weighted by molar-refractivity contribution is 5.85. The van der Waals surface area contributed by atoms with Crippen LogP contribution in [0.5, 0.6) is 0 Å². The molecule has 0 spiro atoms. The molecule has 1 aliphatic rings. The zero-order valence-electron chi connectivity index (χ0n) is 11.7. The number of hydrogen-bond acceptors (Lipinski definition) is 1. The highest BCUT2D eigenvalue weighted by atomic mass is 16.1. The molecule has 0 aromatic rings. The van der Waals surface area contributed by atoms with E-state index in [4.69, 9.17) is 0 Å². The molecule has 0 amide bonds.